The maximum absolute atomic E-state index is 13.6. The van der Waals surface area contributed by atoms with Gasteiger partial charge >= 0.3 is 0 Å². The lowest BCUT2D eigenvalue weighted by Crippen LogP contribution is -2.26. The summed E-state index contributed by atoms with van der Waals surface area (Å²) >= 11 is 6.78. The predicted octanol–water partition coefficient (Wildman–Crippen LogP) is 5.78. The van der Waals surface area contributed by atoms with Gasteiger partial charge in [-0.3, -0.25) is 13.9 Å². The Morgan fingerprint density at radius 1 is 1.02 bits per heavy atom. The number of carbonyl (C=O) groups excluding carboxylic acids is 1. The summed E-state index contributed by atoms with van der Waals surface area (Å²) in [7, 11) is -0.896. The molecule has 10 nitrogen and oxygen atoms in total. The number of halogens is 2. The first-order valence-corrected chi connectivity index (χ1v) is 16.2. The van der Waals surface area contributed by atoms with E-state index in [4.69, 9.17) is 16.0 Å². The van der Waals surface area contributed by atoms with E-state index in [2.05, 4.69) is 15.6 Å². The number of hydrogen-bond acceptors (Lipinski definition) is 7. The summed E-state index contributed by atoms with van der Waals surface area (Å²) in [5.74, 6) is -0.508. The van der Waals surface area contributed by atoms with Crippen LogP contribution in [0.1, 0.15) is 21.5 Å². The molecule has 0 unspecified atom stereocenters. The van der Waals surface area contributed by atoms with Crippen molar-refractivity contribution < 1.29 is 22.0 Å². The van der Waals surface area contributed by atoms with Crippen LogP contribution in [0.5, 0.6) is 0 Å². The van der Waals surface area contributed by atoms with Gasteiger partial charge in [-0.1, -0.05) is 58.8 Å². The van der Waals surface area contributed by atoms with Gasteiger partial charge in [0.2, 0.25) is 10.0 Å². The van der Waals surface area contributed by atoms with Gasteiger partial charge < -0.3 is 9.73 Å². The minimum absolute atomic E-state index is 0.0420. The molecular weight excluding hydrogens is 633 g/mol. The number of nitrogens with one attached hydrogen (secondary N) is 1. The van der Waals surface area contributed by atoms with Gasteiger partial charge in [0.1, 0.15) is 22.7 Å². The van der Waals surface area contributed by atoms with Gasteiger partial charge in [0.25, 0.3) is 11.5 Å². The molecule has 1 N–H and O–H groups in total. The molecule has 2 heterocycles. The molecule has 6 rings (SSSR count). The number of aryl methyl sites for hydroxylation is 1. The highest BCUT2D eigenvalue weighted by Gasteiger charge is 2.27. The molecule has 0 aliphatic heterocycles. The average Bonchev–Trinajstić information content (AvgIpc) is 3.40. The van der Waals surface area contributed by atoms with Crippen LogP contribution < -0.4 is 15.2 Å². The van der Waals surface area contributed by atoms with Crippen LogP contribution in [0.3, 0.4) is 0 Å². The topological polar surface area (TPSA) is 127 Å². The number of furan rings is 1. The summed E-state index contributed by atoms with van der Waals surface area (Å²) < 4.78 is 47.5. The Hall–Kier alpha value is -5.07. The fraction of sp³-hybridized carbons (Fsp3) is 0.152. The summed E-state index contributed by atoms with van der Waals surface area (Å²) in [5.41, 5.74) is 3.44. The highest BCUT2D eigenvalue weighted by atomic mass is 35.5. The number of amides is 1. The third-order valence-electron chi connectivity index (χ3n) is 7.76. The van der Waals surface area contributed by atoms with E-state index in [-0.39, 0.29) is 39.3 Å². The number of hydrogen-bond donors (Lipinski definition) is 1. The first-order valence-electron chi connectivity index (χ1n) is 14.0. The zero-order valence-electron chi connectivity index (χ0n) is 25.1. The molecule has 0 fully saturated rings. The van der Waals surface area contributed by atoms with E-state index in [1.807, 2.05) is 31.2 Å². The molecule has 4 aromatic carbocycles. The highest BCUT2D eigenvalue weighted by Crippen LogP contribution is 2.43. The summed E-state index contributed by atoms with van der Waals surface area (Å²) in [6.07, 6.45) is 1.06. The number of sulfonamides is 1. The van der Waals surface area contributed by atoms with Crippen molar-refractivity contribution in [1.82, 2.24) is 20.3 Å². The molecule has 13 heteroatoms. The molecule has 0 atom stereocenters. The number of carbonyl (C=O) groups is 1. The number of rotatable bonds is 7. The Morgan fingerprint density at radius 2 is 1.70 bits per heavy atom. The van der Waals surface area contributed by atoms with E-state index in [1.165, 1.54) is 44.4 Å². The van der Waals surface area contributed by atoms with Crippen LogP contribution in [-0.4, -0.2) is 49.7 Å². The van der Waals surface area contributed by atoms with Crippen molar-refractivity contribution in [3.05, 3.63) is 111 Å². The molecule has 0 bridgehead atoms. The molecule has 46 heavy (non-hydrogen) atoms. The number of benzene rings is 4. The lowest BCUT2D eigenvalue weighted by Gasteiger charge is -2.21. The monoisotopic (exact) mass is 659 g/mol. The van der Waals surface area contributed by atoms with E-state index in [1.54, 1.807) is 18.2 Å². The SMILES string of the molecule is CNC(=O)c1c(-c2ccc(C)cc2)oc2cc(N(C)S(C)(=O)=O)c(-c3cc4c(=O)n(Cc5ccc(F)cc5)nnc4cc3Cl)cc12. The van der Waals surface area contributed by atoms with E-state index >= 15 is 0 Å². The number of aromatic nitrogens is 3. The van der Waals surface area contributed by atoms with Crippen molar-refractivity contribution in [3.63, 3.8) is 0 Å². The van der Waals surface area contributed by atoms with E-state index in [0.717, 1.165) is 20.8 Å². The Morgan fingerprint density at radius 3 is 2.35 bits per heavy atom. The summed E-state index contributed by atoms with van der Waals surface area (Å²) in [6, 6.07) is 19.3. The summed E-state index contributed by atoms with van der Waals surface area (Å²) in [5, 5.41) is 11.6. The molecule has 234 valence electrons. The van der Waals surface area contributed by atoms with Crippen LogP contribution in [0.2, 0.25) is 5.02 Å². The van der Waals surface area contributed by atoms with Gasteiger partial charge in [0, 0.05) is 42.2 Å². The molecule has 1 amide bonds. The minimum Gasteiger partial charge on any atom is -0.455 e. The molecule has 0 radical (unpaired) electrons. The van der Waals surface area contributed by atoms with Crippen LogP contribution in [0.25, 0.3) is 44.3 Å². The van der Waals surface area contributed by atoms with Crippen molar-refractivity contribution in [2.75, 3.05) is 24.7 Å². The number of anilines is 1. The molecule has 0 spiro atoms. The third kappa shape index (κ3) is 5.61. The smallest absolute Gasteiger partial charge is 0.277 e. The first-order chi connectivity index (χ1) is 21.8. The normalized spacial score (nSPS) is 11.7. The van der Waals surface area contributed by atoms with Crippen molar-refractivity contribution >= 4 is 55.1 Å². The molecule has 0 saturated carbocycles. The van der Waals surface area contributed by atoms with Gasteiger partial charge in [-0.15, -0.1) is 5.10 Å². The first kappa shape index (κ1) is 30.9. The largest absolute Gasteiger partial charge is 0.455 e. The summed E-state index contributed by atoms with van der Waals surface area (Å²) in [4.78, 5) is 26.9. The van der Waals surface area contributed by atoms with Crippen molar-refractivity contribution in [2.45, 2.75) is 13.5 Å². The lowest BCUT2D eigenvalue weighted by molar-refractivity contribution is 0.0964. The van der Waals surface area contributed by atoms with Crippen molar-refractivity contribution in [2.24, 2.45) is 0 Å². The second-order valence-electron chi connectivity index (χ2n) is 10.9. The van der Waals surface area contributed by atoms with Crippen molar-refractivity contribution in [1.29, 1.82) is 0 Å². The molecule has 6 aromatic rings. The zero-order valence-corrected chi connectivity index (χ0v) is 26.7. The van der Waals surface area contributed by atoms with Gasteiger partial charge in [-0.25, -0.2) is 17.5 Å². The minimum atomic E-state index is -3.79. The Labute approximate surface area is 268 Å². The van der Waals surface area contributed by atoms with Crippen LogP contribution in [0, 0.1) is 12.7 Å². The van der Waals surface area contributed by atoms with Gasteiger partial charge in [0.15, 0.2) is 0 Å². The van der Waals surface area contributed by atoms with Crippen LogP contribution in [0.4, 0.5) is 10.1 Å². The summed E-state index contributed by atoms with van der Waals surface area (Å²) in [6.45, 7) is 1.98. The standard InChI is InChI=1S/C33H27ClFN5O5S/c1-18-5-9-20(10-6-18)31-30(32(41)36-2)25-14-23(28(16-29(25)45-31)39(3)46(4,43)44)22-13-24-27(15-26(22)34)37-38-40(33(24)42)17-19-7-11-21(35)12-8-19/h5-16H,17H2,1-4H3,(H,36,41). The Balaban J connectivity index is 1.62. The Kier molecular flexibility index (Phi) is 7.87. The second-order valence-corrected chi connectivity index (χ2v) is 13.3. The molecule has 0 aliphatic rings. The second kappa shape index (κ2) is 11.7. The third-order valence-corrected chi connectivity index (χ3v) is 9.26. The van der Waals surface area contributed by atoms with Crippen LogP contribution >= 0.6 is 11.6 Å². The number of fused-ring (bicyclic) bond motifs is 2. The zero-order chi connectivity index (χ0) is 32.9. The molecule has 2 aromatic heterocycles. The van der Waals surface area contributed by atoms with Gasteiger partial charge in [-0.05, 0) is 42.8 Å². The number of nitrogens with zero attached hydrogens (tertiary/aromatic N) is 4. The van der Waals surface area contributed by atoms with Gasteiger partial charge in [0.05, 0.1) is 34.5 Å². The lowest BCUT2D eigenvalue weighted by atomic mass is 9.97. The molecule has 0 aliphatic carbocycles. The van der Waals surface area contributed by atoms with Crippen molar-refractivity contribution in [3.8, 4) is 22.5 Å². The maximum atomic E-state index is 13.6. The highest BCUT2D eigenvalue weighted by molar-refractivity contribution is 7.92. The molecule has 0 saturated heterocycles. The molecular formula is C33H27ClFN5O5S. The van der Waals surface area contributed by atoms with Crippen LogP contribution in [0.15, 0.2) is 82.0 Å². The Bertz CT molecular complexity index is 2340. The van der Waals surface area contributed by atoms with E-state index < -0.39 is 27.3 Å². The fourth-order valence-electron chi connectivity index (χ4n) is 5.22. The van der Waals surface area contributed by atoms with E-state index in [0.29, 0.717) is 33.4 Å². The fourth-order valence-corrected chi connectivity index (χ4v) is 5.98. The maximum Gasteiger partial charge on any atom is 0.277 e. The van der Waals surface area contributed by atoms with Gasteiger partial charge in [-0.2, -0.15) is 0 Å². The quantitative estimate of drug-likeness (QED) is 0.230. The average molecular weight is 660 g/mol. The van der Waals surface area contributed by atoms with E-state index in [9.17, 15) is 22.4 Å². The van der Waals surface area contributed by atoms with Crippen LogP contribution in [-0.2, 0) is 16.6 Å². The predicted molar refractivity (Wildman–Crippen MR) is 176 cm³/mol.